The largest absolute Gasteiger partial charge is 0.304 e. The molecular formula is C13H17N3S. The van der Waals surface area contributed by atoms with Gasteiger partial charge in [-0.1, -0.05) is 29.8 Å². The van der Waals surface area contributed by atoms with Gasteiger partial charge in [0.05, 0.1) is 6.54 Å². The molecule has 1 N–H and O–H groups in total. The molecule has 3 nitrogen and oxygen atoms in total. The summed E-state index contributed by atoms with van der Waals surface area (Å²) in [5.74, 6) is 0. The number of aryl methyl sites for hydroxylation is 2. The van der Waals surface area contributed by atoms with Gasteiger partial charge in [-0.3, -0.25) is 0 Å². The van der Waals surface area contributed by atoms with Crippen LogP contribution in [0.3, 0.4) is 0 Å². The first-order chi connectivity index (χ1) is 8.15. The minimum Gasteiger partial charge on any atom is -0.304 e. The molecule has 1 unspecified atom stereocenters. The third kappa shape index (κ3) is 3.35. The quantitative estimate of drug-likeness (QED) is 0.902. The lowest BCUT2D eigenvalue weighted by Crippen LogP contribution is -2.17. The average Bonchev–Trinajstić information content (AvgIpc) is 2.73. The molecule has 0 aliphatic heterocycles. The molecule has 2 rings (SSSR count). The number of nitrogens with zero attached hydrogens (tertiary/aromatic N) is 2. The van der Waals surface area contributed by atoms with Gasteiger partial charge in [0, 0.05) is 6.04 Å². The van der Waals surface area contributed by atoms with Crippen LogP contribution in [0.1, 0.15) is 34.1 Å². The zero-order valence-electron chi connectivity index (χ0n) is 10.4. The highest BCUT2D eigenvalue weighted by atomic mass is 32.1. The lowest BCUT2D eigenvalue weighted by molar-refractivity contribution is 0.571. The van der Waals surface area contributed by atoms with Crippen molar-refractivity contribution in [3.63, 3.8) is 0 Å². The number of benzene rings is 1. The van der Waals surface area contributed by atoms with E-state index in [-0.39, 0.29) is 0 Å². The lowest BCUT2D eigenvalue weighted by Gasteiger charge is -2.13. The van der Waals surface area contributed by atoms with Crippen molar-refractivity contribution in [3.05, 3.63) is 45.4 Å². The second kappa shape index (κ2) is 5.38. The van der Waals surface area contributed by atoms with Crippen LogP contribution in [0.4, 0.5) is 0 Å². The van der Waals surface area contributed by atoms with Gasteiger partial charge in [0.25, 0.3) is 0 Å². The van der Waals surface area contributed by atoms with Crippen molar-refractivity contribution in [2.45, 2.75) is 33.4 Å². The fraction of sp³-hybridized carbons (Fsp3) is 0.385. The first-order valence-corrected chi connectivity index (χ1v) is 6.56. The number of nitrogens with one attached hydrogen (secondary N) is 1. The third-order valence-corrected chi connectivity index (χ3v) is 3.54. The van der Waals surface area contributed by atoms with Crippen LogP contribution >= 0.6 is 11.3 Å². The summed E-state index contributed by atoms with van der Waals surface area (Å²) < 4.78 is 0. The summed E-state index contributed by atoms with van der Waals surface area (Å²) in [6, 6.07) is 8.95. The van der Waals surface area contributed by atoms with Crippen molar-refractivity contribution in [2.75, 3.05) is 0 Å². The first-order valence-electron chi connectivity index (χ1n) is 5.74. The number of aromatic nitrogens is 2. The third-order valence-electron chi connectivity index (χ3n) is 2.70. The molecule has 0 aliphatic rings. The zero-order chi connectivity index (χ0) is 12.3. The summed E-state index contributed by atoms with van der Waals surface area (Å²) in [6.07, 6.45) is 0. The molecule has 90 valence electrons. The Bertz CT molecular complexity index is 476. The normalized spacial score (nSPS) is 12.6. The molecule has 17 heavy (non-hydrogen) atoms. The van der Waals surface area contributed by atoms with E-state index in [1.165, 1.54) is 11.1 Å². The molecule has 0 amide bonds. The van der Waals surface area contributed by atoms with Crippen LogP contribution in [0, 0.1) is 13.8 Å². The summed E-state index contributed by atoms with van der Waals surface area (Å²) >= 11 is 1.64. The smallest absolute Gasteiger partial charge is 0.131 e. The molecule has 0 aliphatic carbocycles. The van der Waals surface area contributed by atoms with Gasteiger partial charge in [0.2, 0.25) is 0 Å². The van der Waals surface area contributed by atoms with Gasteiger partial charge in [-0.2, -0.15) is 0 Å². The Kier molecular flexibility index (Phi) is 3.86. The summed E-state index contributed by atoms with van der Waals surface area (Å²) in [4.78, 5) is 0. The fourth-order valence-electron chi connectivity index (χ4n) is 1.62. The van der Waals surface area contributed by atoms with Gasteiger partial charge in [-0.25, -0.2) is 0 Å². The van der Waals surface area contributed by atoms with Crippen LogP contribution in [0.25, 0.3) is 0 Å². The van der Waals surface area contributed by atoms with E-state index < -0.39 is 0 Å². The van der Waals surface area contributed by atoms with Crippen molar-refractivity contribution in [1.29, 1.82) is 0 Å². The Hall–Kier alpha value is -1.26. The second-order valence-electron chi connectivity index (χ2n) is 4.23. The van der Waals surface area contributed by atoms with Crippen LogP contribution in [0.2, 0.25) is 0 Å². The molecular weight excluding hydrogens is 230 g/mol. The molecule has 0 fully saturated rings. The molecule has 0 radical (unpaired) electrons. The predicted molar refractivity (Wildman–Crippen MR) is 71.1 cm³/mol. The van der Waals surface area contributed by atoms with Gasteiger partial charge in [0.15, 0.2) is 0 Å². The highest BCUT2D eigenvalue weighted by molar-refractivity contribution is 7.11. The average molecular weight is 247 g/mol. The SMILES string of the molecule is Cc1ccc(C(C)NCc2nnc(C)s2)cc1. The molecule has 4 heteroatoms. The van der Waals surface area contributed by atoms with Crippen molar-refractivity contribution >= 4 is 11.3 Å². The Morgan fingerprint density at radius 2 is 1.88 bits per heavy atom. The summed E-state index contributed by atoms with van der Waals surface area (Å²) in [5.41, 5.74) is 2.59. The molecule has 1 aromatic heterocycles. The van der Waals surface area contributed by atoms with Gasteiger partial charge in [-0.05, 0) is 26.3 Å². The van der Waals surface area contributed by atoms with E-state index in [4.69, 9.17) is 0 Å². The maximum atomic E-state index is 4.10. The van der Waals surface area contributed by atoms with E-state index in [9.17, 15) is 0 Å². The lowest BCUT2D eigenvalue weighted by atomic mass is 10.1. The molecule has 1 atom stereocenters. The highest BCUT2D eigenvalue weighted by Gasteiger charge is 2.06. The van der Waals surface area contributed by atoms with Gasteiger partial charge >= 0.3 is 0 Å². The summed E-state index contributed by atoms with van der Waals surface area (Å²) in [7, 11) is 0. The minimum absolute atomic E-state index is 0.333. The van der Waals surface area contributed by atoms with Crippen LogP contribution < -0.4 is 5.32 Å². The highest BCUT2D eigenvalue weighted by Crippen LogP contribution is 2.15. The molecule has 0 saturated carbocycles. The second-order valence-corrected chi connectivity index (χ2v) is 5.49. The minimum atomic E-state index is 0.333. The molecule has 2 aromatic rings. The summed E-state index contributed by atoms with van der Waals surface area (Å²) in [6.45, 7) is 7.02. The molecule has 1 aromatic carbocycles. The van der Waals surface area contributed by atoms with Gasteiger partial charge in [0.1, 0.15) is 10.0 Å². The van der Waals surface area contributed by atoms with Crippen molar-refractivity contribution in [1.82, 2.24) is 15.5 Å². The Morgan fingerprint density at radius 3 is 2.47 bits per heavy atom. The van der Waals surface area contributed by atoms with E-state index in [2.05, 4.69) is 53.6 Å². The number of rotatable bonds is 4. The van der Waals surface area contributed by atoms with Crippen molar-refractivity contribution in [3.8, 4) is 0 Å². The van der Waals surface area contributed by atoms with Crippen LogP contribution in [-0.4, -0.2) is 10.2 Å². The van der Waals surface area contributed by atoms with Gasteiger partial charge in [-0.15, -0.1) is 21.5 Å². The number of hydrogen-bond donors (Lipinski definition) is 1. The first kappa shape index (κ1) is 12.2. The molecule has 0 spiro atoms. The standard InChI is InChI=1S/C13H17N3S/c1-9-4-6-12(7-5-9)10(2)14-8-13-16-15-11(3)17-13/h4-7,10,14H,8H2,1-3H3. The van der Waals surface area contributed by atoms with Crippen LogP contribution in [-0.2, 0) is 6.54 Å². The van der Waals surface area contributed by atoms with Crippen molar-refractivity contribution in [2.24, 2.45) is 0 Å². The van der Waals surface area contributed by atoms with Crippen molar-refractivity contribution < 1.29 is 0 Å². The van der Waals surface area contributed by atoms with E-state index in [0.717, 1.165) is 16.6 Å². The van der Waals surface area contributed by atoms with E-state index in [1.807, 2.05) is 6.92 Å². The van der Waals surface area contributed by atoms with E-state index in [1.54, 1.807) is 11.3 Å². The number of hydrogen-bond acceptors (Lipinski definition) is 4. The molecule has 0 bridgehead atoms. The molecule has 1 heterocycles. The Morgan fingerprint density at radius 1 is 1.18 bits per heavy atom. The van der Waals surface area contributed by atoms with E-state index >= 15 is 0 Å². The Balaban J connectivity index is 1.93. The van der Waals surface area contributed by atoms with Gasteiger partial charge < -0.3 is 5.32 Å². The molecule has 0 saturated heterocycles. The Labute approximate surface area is 106 Å². The fourth-order valence-corrected chi connectivity index (χ4v) is 2.28. The van der Waals surface area contributed by atoms with E-state index in [0.29, 0.717) is 6.04 Å². The summed E-state index contributed by atoms with van der Waals surface area (Å²) in [5, 5.41) is 13.6. The van der Waals surface area contributed by atoms with Crippen LogP contribution in [0.15, 0.2) is 24.3 Å². The monoisotopic (exact) mass is 247 g/mol. The maximum absolute atomic E-state index is 4.10. The maximum Gasteiger partial charge on any atom is 0.131 e. The zero-order valence-corrected chi connectivity index (χ0v) is 11.2. The van der Waals surface area contributed by atoms with Crippen LogP contribution in [0.5, 0.6) is 0 Å². The topological polar surface area (TPSA) is 37.8 Å². The predicted octanol–water partition coefficient (Wildman–Crippen LogP) is 3.01.